The summed E-state index contributed by atoms with van der Waals surface area (Å²) in [6, 6.07) is 81.4. The van der Waals surface area contributed by atoms with Gasteiger partial charge in [-0.05, 0) is 222 Å². The van der Waals surface area contributed by atoms with Crippen LogP contribution in [0.2, 0.25) is 0 Å². The molecule has 140 heavy (non-hydrogen) atoms. The molecule has 7 aromatic carbocycles. The van der Waals surface area contributed by atoms with Gasteiger partial charge in [-0.3, -0.25) is 0 Å². The van der Waals surface area contributed by atoms with Gasteiger partial charge in [0.25, 0.3) is 0 Å². The molecule has 12 bridgehead atoms. The number of methoxy groups -OCH3 is 2. The monoisotopic (exact) mass is 1910 g/mol. The molecule has 0 aliphatic carbocycles. The zero-order chi connectivity index (χ0) is 99.4. The predicted molar refractivity (Wildman–Crippen MR) is 583 cm³/mol. The van der Waals surface area contributed by atoms with Crippen LogP contribution < -0.4 is 28.4 Å². The predicted octanol–water partition coefficient (Wildman–Crippen LogP) is 33.9. The average Bonchev–Trinajstić information content (AvgIpc) is 0.868. The van der Waals surface area contributed by atoms with E-state index in [0.29, 0.717) is 192 Å². The minimum Gasteiger partial charge on any atom is -0.491 e. The van der Waals surface area contributed by atoms with Gasteiger partial charge in [0.05, 0.1) is 157 Å². The number of benzene rings is 6. The first-order chi connectivity index (χ1) is 68.9. The second-order valence-electron chi connectivity index (χ2n) is 38.2. The van der Waals surface area contributed by atoms with Crippen LogP contribution in [-0.2, 0) is 28.4 Å². The molecule has 0 aliphatic heterocycles. The molecule has 0 saturated carbocycles. The van der Waals surface area contributed by atoms with Crippen molar-refractivity contribution >= 4 is 64.6 Å². The summed E-state index contributed by atoms with van der Waals surface area (Å²) in [5, 5.41) is 8.26. The maximum Gasteiger partial charge on any atom is 0.150 e. The molecule has 0 heterocycles. The van der Waals surface area contributed by atoms with Crippen molar-refractivity contribution in [1.82, 2.24) is 0 Å². The molecular weight excluding hydrogens is 1730 g/mol. The van der Waals surface area contributed by atoms with Gasteiger partial charge in [0.1, 0.15) is 13.2 Å². The number of hydrogen-bond acceptors (Lipinski definition) is 12. The molecule has 0 spiro atoms. The Morgan fingerprint density at radius 1 is 0.150 bits per heavy atom. The first kappa shape index (κ1) is 117. The number of aryl methyl sites for hydroxylation is 6. The summed E-state index contributed by atoms with van der Waals surface area (Å²) in [5.41, 5.74) is 5.82. The van der Waals surface area contributed by atoms with Crippen LogP contribution in [0.5, 0.6) is 34.5 Å². The Labute approximate surface area is 851 Å². The van der Waals surface area contributed by atoms with Crippen LogP contribution in [0.4, 0.5) is 0 Å². The van der Waals surface area contributed by atoms with Crippen LogP contribution >= 0.6 is 0 Å². The number of rotatable bonds is 76. The third-order valence-electron chi connectivity index (χ3n) is 25.2. The molecule has 7 rings (SSSR count). The lowest BCUT2D eigenvalue weighted by atomic mass is 10.1. The highest BCUT2D eigenvalue weighted by molar-refractivity contribution is 5.86. The van der Waals surface area contributed by atoms with E-state index in [1.165, 1.54) is 231 Å². The molecular formula is C128H176O12. The molecule has 7 aromatic rings. The molecule has 0 saturated heterocycles. The number of hydrogen-bond donors (Lipinski definition) is 0. The van der Waals surface area contributed by atoms with Gasteiger partial charge in [-0.1, -0.05) is 359 Å². The van der Waals surface area contributed by atoms with E-state index in [9.17, 15) is 0 Å². The third kappa shape index (κ3) is 50.8. The quantitative estimate of drug-likeness (QED) is 0.0339. The van der Waals surface area contributed by atoms with Crippen molar-refractivity contribution in [2.24, 2.45) is 0 Å². The maximum absolute atomic E-state index is 7.00. The summed E-state index contributed by atoms with van der Waals surface area (Å²) in [4.78, 5) is 0. The molecule has 0 radical (unpaired) electrons. The lowest BCUT2D eigenvalue weighted by molar-refractivity contribution is 0.0181. The summed E-state index contributed by atoms with van der Waals surface area (Å²) in [6.07, 6.45) is 59.3. The van der Waals surface area contributed by atoms with Crippen LogP contribution in [0, 0.1) is 139 Å². The summed E-state index contributed by atoms with van der Waals surface area (Å²) >= 11 is 0. The smallest absolute Gasteiger partial charge is 0.150 e. The first-order valence-corrected chi connectivity index (χ1v) is 54.9. The van der Waals surface area contributed by atoms with E-state index in [2.05, 4.69) is 239 Å². The fourth-order valence-corrected chi connectivity index (χ4v) is 17.4. The normalized spacial score (nSPS) is 10.8. The zero-order valence-electron chi connectivity index (χ0n) is 89.1. The van der Waals surface area contributed by atoms with Crippen LogP contribution in [0.15, 0.2) is 72.8 Å². The molecule has 0 aliphatic rings. The van der Waals surface area contributed by atoms with Crippen LogP contribution in [-0.4, -0.2) is 120 Å². The highest BCUT2D eigenvalue weighted by atomic mass is 16.6. The highest BCUT2D eigenvalue weighted by Gasteiger charge is 2.14. The summed E-state index contributed by atoms with van der Waals surface area (Å²) in [6.45, 7) is 28.3. The second-order valence-corrected chi connectivity index (χ2v) is 38.2. The van der Waals surface area contributed by atoms with E-state index in [0.717, 1.165) is 110 Å². The number of unbranched alkanes of at least 4 members (excludes halogenated alkanes) is 44. The molecule has 0 amide bonds. The Morgan fingerprint density at radius 3 is 0.436 bits per heavy atom. The minimum absolute atomic E-state index is 0.228. The number of fused-ring (bicyclic) bond motifs is 12. The van der Waals surface area contributed by atoms with E-state index >= 15 is 0 Å². The Kier molecular flexibility index (Phi) is 64.5. The summed E-state index contributed by atoms with van der Waals surface area (Å²) in [5.74, 6) is 3.53. The van der Waals surface area contributed by atoms with Crippen LogP contribution in [0.3, 0.4) is 0 Å². The summed E-state index contributed by atoms with van der Waals surface area (Å²) in [7, 11) is 3.34. The van der Waals surface area contributed by atoms with E-state index < -0.39 is 0 Å². The van der Waals surface area contributed by atoms with Gasteiger partial charge >= 0.3 is 0 Å². The van der Waals surface area contributed by atoms with Gasteiger partial charge in [-0.25, -0.2) is 0 Å². The zero-order valence-corrected chi connectivity index (χ0v) is 89.1. The van der Waals surface area contributed by atoms with Crippen molar-refractivity contribution in [3.63, 3.8) is 0 Å². The fourth-order valence-electron chi connectivity index (χ4n) is 17.4. The molecule has 0 fully saturated rings. The summed E-state index contributed by atoms with van der Waals surface area (Å²) < 4.78 is 76.0. The molecule has 0 aromatic heterocycles. The van der Waals surface area contributed by atoms with Crippen molar-refractivity contribution < 1.29 is 56.8 Å². The van der Waals surface area contributed by atoms with E-state index in [4.69, 9.17) is 56.8 Å². The van der Waals surface area contributed by atoms with Gasteiger partial charge in [-0.2, -0.15) is 0 Å². The third-order valence-corrected chi connectivity index (χ3v) is 25.2. The first-order valence-electron chi connectivity index (χ1n) is 54.9. The SMILES string of the molecule is CCCCCCCCCCCCCCOc1c2c#cc#cc3cc(C)cc(c#cc4cc(C)cc(c#cc5cc(C)cc(c#cc#cc6cc(C)cc(c#cc7cc(C)cc(c#cc1cc(C)c2)c7OCCOCCOCCOC)c6OCCCCCCCCCCCCCC)c5OCCCCCCCCCCCCCC)c4OCCOCCOCCOC)c3OCCCCCCCCCCCCCC. The van der Waals surface area contributed by atoms with E-state index in [1.54, 1.807) is 14.2 Å². The van der Waals surface area contributed by atoms with Gasteiger partial charge in [0.15, 0.2) is 34.5 Å². The fraction of sp³-hybridized carbons (Fsp3) is 0.594. The van der Waals surface area contributed by atoms with Crippen molar-refractivity contribution in [3.8, 4) is 34.5 Å². The molecule has 12 nitrogen and oxygen atoms in total. The van der Waals surface area contributed by atoms with Crippen molar-refractivity contribution in [1.29, 1.82) is 0 Å². The Morgan fingerprint density at radius 2 is 0.279 bits per heavy atom. The molecule has 12 heteroatoms. The van der Waals surface area contributed by atoms with Gasteiger partial charge in [0, 0.05) is 14.2 Å². The largest absolute Gasteiger partial charge is 0.491 e. The van der Waals surface area contributed by atoms with E-state index in [-0.39, 0.29) is 13.2 Å². The Hall–Kier alpha value is -9.64. The topological polar surface area (TPSA) is 111 Å². The number of ether oxygens (including phenoxy) is 12. The standard InChI is InChI=1S/C128H176O12/c1-13-17-21-25-29-33-37-41-45-49-53-61-77-135-123-111-65-57-58-66-112-94-106(6)98-116(124(112)136-78-62-54-50-46-42-38-34-30-26-22-18-14-2)71-75-121-103-110(10)104-122(128(121)140-92-90-134-88-86-132-84-82-130-12)76-72-118-100-108(8)96-114(126(118)138-80-64-56-52-48-44-40-36-32-28-24-20-16-4)68-60-59-67-113-95-107(7)99-117(125(113)137-79-63-55-51-47-43-39-35-31-27-23-19-15-3)70-74-120-102-109(9)101-119(73-69-115(123)97-105(5)93-111)127(120)139-91-89-133-87-85-131-83-81-129-11/h93-104H,13-56,61-64,77-92H2,1-12H3. The lowest BCUT2D eigenvalue weighted by Crippen LogP contribution is -2.12. The van der Waals surface area contributed by atoms with E-state index in [1.807, 2.05) is 0 Å². The molecule has 0 unspecified atom stereocenters. The van der Waals surface area contributed by atoms with Crippen molar-refractivity contribution in [2.45, 2.75) is 377 Å². The van der Waals surface area contributed by atoms with Crippen molar-refractivity contribution in [2.75, 3.05) is 120 Å². The maximum atomic E-state index is 7.00. The van der Waals surface area contributed by atoms with Crippen LogP contribution in [0.1, 0.15) is 369 Å². The average molecular weight is 1910 g/mol. The molecule has 0 atom stereocenters. The van der Waals surface area contributed by atoms with Gasteiger partial charge in [0.2, 0.25) is 0 Å². The highest BCUT2D eigenvalue weighted by Crippen LogP contribution is 2.34. The molecule has 760 valence electrons. The second kappa shape index (κ2) is 77.0. The minimum atomic E-state index is 0.228. The van der Waals surface area contributed by atoms with Crippen LogP contribution in [0.25, 0.3) is 64.6 Å². The van der Waals surface area contributed by atoms with Gasteiger partial charge in [-0.15, -0.1) is 0 Å². The molecule has 0 N–H and O–H groups in total. The Bertz CT molecular complexity index is 4320. The van der Waals surface area contributed by atoms with Gasteiger partial charge < -0.3 is 56.8 Å². The lowest BCUT2D eigenvalue weighted by Gasteiger charge is -2.10. The Balaban J connectivity index is 1.49. The van der Waals surface area contributed by atoms with Crippen molar-refractivity contribution in [3.05, 3.63) is 203 Å².